The Morgan fingerprint density at radius 1 is 0.966 bits per heavy atom. The van der Waals surface area contributed by atoms with Crippen LogP contribution in [0.25, 0.3) is 0 Å². The van der Waals surface area contributed by atoms with Gasteiger partial charge in [-0.05, 0) is 48.0 Å². The maximum Gasteiger partial charge on any atom is 0.519 e. The van der Waals surface area contributed by atoms with Crippen LogP contribution in [-0.4, -0.2) is 30.4 Å². The molecule has 8 heteroatoms. The minimum Gasteiger partial charge on any atom is -0.493 e. The molecule has 0 saturated heterocycles. The van der Waals surface area contributed by atoms with Crippen LogP contribution in [0.3, 0.4) is 0 Å². The second-order valence-electron chi connectivity index (χ2n) is 5.61. The fourth-order valence-electron chi connectivity index (χ4n) is 2.28. The summed E-state index contributed by atoms with van der Waals surface area (Å²) in [5.74, 6) is 0.496. The number of aromatic nitrogens is 1. The number of carbonyl (C=O) groups excluding carboxylic acids is 2. The minimum absolute atomic E-state index is 0.186. The minimum atomic E-state index is -0.888. The fourth-order valence-corrected chi connectivity index (χ4v) is 2.28. The topological polar surface area (TPSA) is 99.1 Å². The number of amides is 1. The second-order valence-corrected chi connectivity index (χ2v) is 5.61. The van der Waals surface area contributed by atoms with Crippen LogP contribution in [0.2, 0.25) is 0 Å². The third kappa shape index (κ3) is 5.64. The highest BCUT2D eigenvalue weighted by atomic mass is 16.7. The summed E-state index contributed by atoms with van der Waals surface area (Å²) in [4.78, 5) is 27.7. The van der Waals surface area contributed by atoms with E-state index in [-0.39, 0.29) is 11.7 Å². The van der Waals surface area contributed by atoms with E-state index in [1.54, 1.807) is 54.6 Å². The molecule has 0 fully saturated rings. The number of hydrogen-bond donors (Lipinski definition) is 1. The molecular formula is C21H17N3O5. The highest BCUT2D eigenvalue weighted by molar-refractivity contribution is 5.94. The number of hydrazone groups is 1. The summed E-state index contributed by atoms with van der Waals surface area (Å²) in [6.45, 7) is 0. The summed E-state index contributed by atoms with van der Waals surface area (Å²) in [5, 5.41) is 3.91. The summed E-state index contributed by atoms with van der Waals surface area (Å²) in [6, 6.07) is 16.5. The number of benzene rings is 2. The van der Waals surface area contributed by atoms with Crippen LogP contribution in [0.4, 0.5) is 4.79 Å². The molecule has 0 aliphatic heterocycles. The van der Waals surface area contributed by atoms with Gasteiger partial charge in [0.2, 0.25) is 0 Å². The van der Waals surface area contributed by atoms with Gasteiger partial charge in [-0.25, -0.2) is 10.2 Å². The molecular weight excluding hydrogens is 374 g/mol. The lowest BCUT2D eigenvalue weighted by atomic mass is 10.2. The molecule has 1 heterocycles. The van der Waals surface area contributed by atoms with Crippen molar-refractivity contribution in [1.82, 2.24) is 10.4 Å². The van der Waals surface area contributed by atoms with Crippen LogP contribution >= 0.6 is 0 Å². The second kappa shape index (κ2) is 9.65. The molecule has 0 atom stereocenters. The number of rotatable bonds is 6. The zero-order valence-corrected chi connectivity index (χ0v) is 15.4. The highest BCUT2D eigenvalue weighted by Crippen LogP contribution is 2.28. The lowest BCUT2D eigenvalue weighted by Crippen LogP contribution is -2.17. The molecule has 0 bridgehead atoms. The predicted octanol–water partition coefficient (Wildman–Crippen LogP) is 3.43. The van der Waals surface area contributed by atoms with E-state index in [2.05, 4.69) is 15.5 Å². The Bertz CT molecular complexity index is 1010. The van der Waals surface area contributed by atoms with Gasteiger partial charge >= 0.3 is 6.16 Å². The van der Waals surface area contributed by atoms with Crippen LogP contribution in [-0.2, 0) is 0 Å². The summed E-state index contributed by atoms with van der Waals surface area (Å²) in [5.41, 5.74) is 3.48. The quantitative estimate of drug-likeness (QED) is 0.299. The van der Waals surface area contributed by atoms with Crippen LogP contribution in [0, 0.1) is 0 Å². The summed E-state index contributed by atoms with van der Waals surface area (Å²) in [6.07, 6.45) is 3.59. The molecule has 0 unspecified atom stereocenters. The molecule has 0 aliphatic carbocycles. The lowest BCUT2D eigenvalue weighted by molar-refractivity contribution is 0.0955. The molecule has 1 aromatic heterocycles. The van der Waals surface area contributed by atoms with Gasteiger partial charge in [-0.1, -0.05) is 18.2 Å². The maximum absolute atomic E-state index is 11.9. The lowest BCUT2D eigenvalue weighted by Gasteiger charge is -2.10. The zero-order chi connectivity index (χ0) is 20.5. The number of carbonyl (C=O) groups is 2. The van der Waals surface area contributed by atoms with Crippen molar-refractivity contribution in [3.8, 4) is 17.2 Å². The Morgan fingerprint density at radius 3 is 2.45 bits per heavy atom. The van der Waals surface area contributed by atoms with Crippen molar-refractivity contribution in [2.24, 2.45) is 5.10 Å². The van der Waals surface area contributed by atoms with E-state index in [9.17, 15) is 9.59 Å². The van der Waals surface area contributed by atoms with Crippen LogP contribution < -0.4 is 19.6 Å². The summed E-state index contributed by atoms with van der Waals surface area (Å²) in [7, 11) is 1.44. The van der Waals surface area contributed by atoms with Gasteiger partial charge in [-0.15, -0.1) is 0 Å². The standard InChI is InChI=1S/C21H17N3O5/c1-27-19-13-15(14-23-24-20(25)16-9-11-22-12-10-16)7-8-18(19)29-21(26)28-17-5-3-2-4-6-17/h2-14H,1H3,(H,24,25)/b23-14+. The SMILES string of the molecule is COc1cc(/C=N/NC(=O)c2ccncc2)ccc1OC(=O)Oc1ccccc1. The molecule has 3 rings (SSSR count). The van der Waals surface area contributed by atoms with E-state index in [4.69, 9.17) is 14.2 Å². The molecule has 29 heavy (non-hydrogen) atoms. The molecule has 2 aromatic carbocycles. The maximum atomic E-state index is 11.9. The third-order valence-electron chi connectivity index (χ3n) is 3.65. The van der Waals surface area contributed by atoms with Gasteiger partial charge in [0, 0.05) is 18.0 Å². The molecule has 1 amide bonds. The zero-order valence-electron chi connectivity index (χ0n) is 15.4. The third-order valence-corrected chi connectivity index (χ3v) is 3.65. The number of nitrogens with zero attached hydrogens (tertiary/aromatic N) is 2. The average Bonchev–Trinajstić information content (AvgIpc) is 2.76. The smallest absolute Gasteiger partial charge is 0.493 e. The van der Waals surface area contributed by atoms with Crippen molar-refractivity contribution in [3.63, 3.8) is 0 Å². The largest absolute Gasteiger partial charge is 0.519 e. The molecule has 146 valence electrons. The first-order valence-electron chi connectivity index (χ1n) is 8.52. The Morgan fingerprint density at radius 2 is 1.72 bits per heavy atom. The van der Waals surface area contributed by atoms with Crippen molar-refractivity contribution in [2.75, 3.05) is 7.11 Å². The van der Waals surface area contributed by atoms with Crippen LogP contribution in [0.5, 0.6) is 17.2 Å². The van der Waals surface area contributed by atoms with Crippen molar-refractivity contribution in [1.29, 1.82) is 0 Å². The highest BCUT2D eigenvalue weighted by Gasteiger charge is 2.12. The predicted molar refractivity (Wildman–Crippen MR) is 105 cm³/mol. The fraction of sp³-hybridized carbons (Fsp3) is 0.0476. The van der Waals surface area contributed by atoms with Gasteiger partial charge in [0.1, 0.15) is 5.75 Å². The van der Waals surface area contributed by atoms with Crippen molar-refractivity contribution < 1.29 is 23.8 Å². The average molecular weight is 391 g/mol. The van der Waals surface area contributed by atoms with Crippen molar-refractivity contribution in [3.05, 3.63) is 84.2 Å². The molecule has 0 spiro atoms. The van der Waals surface area contributed by atoms with Gasteiger partial charge < -0.3 is 14.2 Å². The summed E-state index contributed by atoms with van der Waals surface area (Å²) >= 11 is 0. The van der Waals surface area contributed by atoms with Gasteiger partial charge in [-0.3, -0.25) is 9.78 Å². The van der Waals surface area contributed by atoms with E-state index < -0.39 is 6.16 Å². The Hall–Kier alpha value is -4.20. The van der Waals surface area contributed by atoms with E-state index in [1.807, 2.05) is 0 Å². The Kier molecular flexibility index (Phi) is 6.51. The Balaban J connectivity index is 1.62. The van der Waals surface area contributed by atoms with Crippen molar-refractivity contribution >= 4 is 18.3 Å². The number of pyridine rings is 1. The number of ether oxygens (including phenoxy) is 3. The summed E-state index contributed by atoms with van der Waals surface area (Å²) < 4.78 is 15.5. The van der Waals surface area contributed by atoms with E-state index >= 15 is 0 Å². The number of hydrogen-bond acceptors (Lipinski definition) is 7. The monoisotopic (exact) mass is 391 g/mol. The first-order chi connectivity index (χ1) is 14.2. The number of methoxy groups -OCH3 is 1. The normalized spacial score (nSPS) is 10.4. The molecule has 3 aromatic rings. The molecule has 0 saturated carbocycles. The van der Waals surface area contributed by atoms with E-state index in [0.717, 1.165) is 0 Å². The molecule has 0 aliphatic rings. The first-order valence-corrected chi connectivity index (χ1v) is 8.52. The molecule has 0 radical (unpaired) electrons. The first kappa shape index (κ1) is 19.6. The van der Waals surface area contributed by atoms with Gasteiger partial charge in [0.05, 0.1) is 13.3 Å². The van der Waals surface area contributed by atoms with Crippen molar-refractivity contribution in [2.45, 2.75) is 0 Å². The molecule has 1 N–H and O–H groups in total. The molecule has 8 nitrogen and oxygen atoms in total. The number of nitrogens with one attached hydrogen (secondary N) is 1. The van der Waals surface area contributed by atoms with E-state index in [1.165, 1.54) is 31.8 Å². The van der Waals surface area contributed by atoms with Crippen LogP contribution in [0.1, 0.15) is 15.9 Å². The van der Waals surface area contributed by atoms with Gasteiger partial charge in [-0.2, -0.15) is 5.10 Å². The van der Waals surface area contributed by atoms with Gasteiger partial charge in [0.25, 0.3) is 5.91 Å². The van der Waals surface area contributed by atoms with Gasteiger partial charge in [0.15, 0.2) is 11.5 Å². The van der Waals surface area contributed by atoms with E-state index in [0.29, 0.717) is 22.6 Å². The van der Waals surface area contributed by atoms with Crippen LogP contribution in [0.15, 0.2) is 78.2 Å². The Labute approximate surface area is 166 Å². The number of para-hydroxylation sites is 1.